The summed E-state index contributed by atoms with van der Waals surface area (Å²) < 4.78 is 5.91. The van der Waals surface area contributed by atoms with E-state index in [2.05, 4.69) is 24.0 Å². The lowest BCUT2D eigenvalue weighted by atomic mass is 9.91. The van der Waals surface area contributed by atoms with E-state index in [4.69, 9.17) is 9.72 Å². The Morgan fingerprint density at radius 1 is 1.16 bits per heavy atom. The van der Waals surface area contributed by atoms with E-state index in [1.54, 1.807) is 18.2 Å². The standard InChI is InChI=1S/C25H27N3O3/c1-15-4-6-19-20(12-15)27-23(26-19)16-8-10-28(11-9-16)24(30)17-5-7-22-18(13-17)21(29)14-25(2,3)31-22/h4-7,12-13,16H,8-11,14H2,1-3H3,(H,26,27). The number of ether oxygens (including phenoxy) is 1. The zero-order chi connectivity index (χ0) is 21.8. The van der Waals surface area contributed by atoms with Crippen LogP contribution in [0, 0.1) is 6.92 Å². The second-order valence-corrected chi connectivity index (χ2v) is 9.38. The number of hydrogen-bond donors (Lipinski definition) is 1. The number of fused-ring (bicyclic) bond motifs is 2. The maximum atomic E-state index is 13.1. The van der Waals surface area contributed by atoms with E-state index in [1.807, 2.05) is 24.8 Å². The Hall–Kier alpha value is -3.15. The number of H-pyrrole nitrogens is 1. The molecule has 0 bridgehead atoms. The lowest BCUT2D eigenvalue weighted by Crippen LogP contribution is -2.39. The Morgan fingerprint density at radius 3 is 2.71 bits per heavy atom. The van der Waals surface area contributed by atoms with Gasteiger partial charge in [-0.1, -0.05) is 6.07 Å². The number of rotatable bonds is 2. The van der Waals surface area contributed by atoms with Gasteiger partial charge in [-0.3, -0.25) is 9.59 Å². The van der Waals surface area contributed by atoms with Crippen LogP contribution in [0.5, 0.6) is 5.75 Å². The highest BCUT2D eigenvalue weighted by molar-refractivity contribution is 6.03. The molecule has 1 amide bonds. The summed E-state index contributed by atoms with van der Waals surface area (Å²) in [5, 5.41) is 0. The van der Waals surface area contributed by atoms with Crippen LogP contribution in [-0.2, 0) is 0 Å². The van der Waals surface area contributed by atoms with Gasteiger partial charge >= 0.3 is 0 Å². The van der Waals surface area contributed by atoms with Crippen molar-refractivity contribution in [2.75, 3.05) is 13.1 Å². The number of nitrogens with zero attached hydrogens (tertiary/aromatic N) is 2. The summed E-state index contributed by atoms with van der Waals surface area (Å²) in [5.74, 6) is 1.89. The van der Waals surface area contributed by atoms with E-state index in [9.17, 15) is 9.59 Å². The first-order valence-corrected chi connectivity index (χ1v) is 10.9. The molecule has 2 aliphatic rings. The Kier molecular flexibility index (Phi) is 4.61. The predicted octanol–water partition coefficient (Wildman–Crippen LogP) is 4.63. The fraction of sp³-hybridized carbons (Fsp3) is 0.400. The number of carbonyl (C=O) groups excluding carboxylic acids is 2. The molecule has 3 heterocycles. The summed E-state index contributed by atoms with van der Waals surface area (Å²) in [4.78, 5) is 35.7. The SMILES string of the molecule is Cc1ccc2nc(C3CCN(C(=O)c4ccc5c(c4)C(=O)CC(C)(C)O5)CC3)[nH]c2c1. The van der Waals surface area contributed by atoms with Crippen LogP contribution < -0.4 is 4.74 Å². The number of hydrogen-bond acceptors (Lipinski definition) is 4. The summed E-state index contributed by atoms with van der Waals surface area (Å²) in [6.07, 6.45) is 2.05. The number of Topliss-reactive ketones (excluding diaryl/α,β-unsaturated/α-hetero) is 1. The van der Waals surface area contributed by atoms with Crippen molar-refractivity contribution in [2.24, 2.45) is 0 Å². The highest BCUT2D eigenvalue weighted by Crippen LogP contribution is 2.34. The van der Waals surface area contributed by atoms with Crippen molar-refractivity contribution in [1.29, 1.82) is 0 Å². The van der Waals surface area contributed by atoms with Crippen molar-refractivity contribution in [1.82, 2.24) is 14.9 Å². The highest BCUT2D eigenvalue weighted by Gasteiger charge is 2.33. The molecular formula is C25H27N3O3. The van der Waals surface area contributed by atoms with E-state index in [-0.39, 0.29) is 11.7 Å². The number of imidazole rings is 1. The first kappa shape index (κ1) is 19.8. The monoisotopic (exact) mass is 417 g/mol. The third-order valence-electron chi connectivity index (χ3n) is 6.32. The number of carbonyl (C=O) groups is 2. The number of piperidine rings is 1. The predicted molar refractivity (Wildman–Crippen MR) is 119 cm³/mol. The van der Waals surface area contributed by atoms with Crippen LogP contribution in [-0.4, -0.2) is 45.2 Å². The van der Waals surface area contributed by atoms with Gasteiger partial charge in [-0.05, 0) is 69.5 Å². The molecule has 2 aliphatic heterocycles. The van der Waals surface area contributed by atoms with E-state index < -0.39 is 5.60 Å². The summed E-state index contributed by atoms with van der Waals surface area (Å²) in [6.45, 7) is 7.23. The molecule has 6 nitrogen and oxygen atoms in total. The molecule has 0 saturated carbocycles. The molecule has 1 aromatic heterocycles. The second-order valence-electron chi connectivity index (χ2n) is 9.38. The average Bonchev–Trinajstić information content (AvgIpc) is 3.15. The van der Waals surface area contributed by atoms with Crippen molar-refractivity contribution in [2.45, 2.75) is 51.6 Å². The zero-order valence-corrected chi connectivity index (χ0v) is 18.2. The number of amides is 1. The summed E-state index contributed by atoms with van der Waals surface area (Å²) in [7, 11) is 0. The Labute approximate surface area is 181 Å². The molecule has 3 aromatic rings. The number of benzene rings is 2. The maximum Gasteiger partial charge on any atom is 0.253 e. The Bertz CT molecular complexity index is 1190. The molecule has 0 spiro atoms. The highest BCUT2D eigenvalue weighted by atomic mass is 16.5. The number of aromatic amines is 1. The van der Waals surface area contributed by atoms with E-state index in [1.165, 1.54) is 5.56 Å². The normalized spacial score (nSPS) is 18.7. The molecule has 0 atom stereocenters. The summed E-state index contributed by atoms with van der Waals surface area (Å²) in [6, 6.07) is 11.5. The van der Waals surface area contributed by atoms with Crippen LogP contribution in [0.2, 0.25) is 0 Å². The Morgan fingerprint density at radius 2 is 1.94 bits per heavy atom. The van der Waals surface area contributed by atoms with E-state index in [0.717, 1.165) is 29.7 Å². The quantitative estimate of drug-likeness (QED) is 0.659. The van der Waals surface area contributed by atoms with Gasteiger partial charge in [0.25, 0.3) is 5.91 Å². The van der Waals surface area contributed by atoms with Crippen LogP contribution in [0.4, 0.5) is 0 Å². The second kappa shape index (κ2) is 7.22. The van der Waals surface area contributed by atoms with Gasteiger partial charge < -0.3 is 14.6 Å². The van der Waals surface area contributed by atoms with Gasteiger partial charge in [0.2, 0.25) is 0 Å². The first-order chi connectivity index (χ1) is 14.8. The lowest BCUT2D eigenvalue weighted by molar-refractivity contribution is 0.0619. The Balaban J connectivity index is 1.29. The van der Waals surface area contributed by atoms with Gasteiger partial charge in [-0.15, -0.1) is 0 Å². The zero-order valence-electron chi connectivity index (χ0n) is 18.2. The molecule has 1 saturated heterocycles. The van der Waals surface area contributed by atoms with Crippen molar-refractivity contribution in [3.8, 4) is 5.75 Å². The minimum Gasteiger partial charge on any atom is -0.487 e. The average molecular weight is 418 g/mol. The minimum absolute atomic E-state index is 0.0275. The van der Waals surface area contributed by atoms with Crippen molar-refractivity contribution in [3.05, 3.63) is 58.9 Å². The van der Waals surface area contributed by atoms with E-state index >= 15 is 0 Å². The van der Waals surface area contributed by atoms with Gasteiger partial charge in [0.05, 0.1) is 23.0 Å². The molecule has 2 aromatic carbocycles. The van der Waals surface area contributed by atoms with Crippen molar-refractivity contribution >= 4 is 22.7 Å². The minimum atomic E-state index is -0.507. The van der Waals surface area contributed by atoms with Gasteiger partial charge in [-0.2, -0.15) is 0 Å². The van der Waals surface area contributed by atoms with Crippen LogP contribution in [0.25, 0.3) is 11.0 Å². The summed E-state index contributed by atoms with van der Waals surface area (Å²) in [5.41, 5.74) is 3.82. The van der Waals surface area contributed by atoms with Crippen molar-refractivity contribution < 1.29 is 14.3 Å². The van der Waals surface area contributed by atoms with Gasteiger partial charge in [-0.25, -0.2) is 4.98 Å². The van der Waals surface area contributed by atoms with Gasteiger partial charge in [0.1, 0.15) is 17.2 Å². The van der Waals surface area contributed by atoms with Gasteiger partial charge in [0.15, 0.2) is 5.78 Å². The fourth-order valence-corrected chi connectivity index (χ4v) is 4.66. The number of nitrogens with one attached hydrogen (secondary N) is 1. The van der Waals surface area contributed by atoms with E-state index in [0.29, 0.717) is 42.3 Å². The molecule has 160 valence electrons. The molecule has 5 rings (SSSR count). The van der Waals surface area contributed by atoms with Crippen molar-refractivity contribution in [3.63, 3.8) is 0 Å². The third kappa shape index (κ3) is 3.71. The van der Waals surface area contributed by atoms with Crippen LogP contribution in [0.1, 0.15) is 71.1 Å². The molecule has 6 heteroatoms. The number of aromatic nitrogens is 2. The van der Waals surface area contributed by atoms with Crippen LogP contribution in [0.3, 0.4) is 0 Å². The molecule has 1 fully saturated rings. The topological polar surface area (TPSA) is 75.3 Å². The molecule has 1 N–H and O–H groups in total. The fourth-order valence-electron chi connectivity index (χ4n) is 4.66. The maximum absolute atomic E-state index is 13.1. The molecular weight excluding hydrogens is 390 g/mol. The van der Waals surface area contributed by atoms with Crippen LogP contribution >= 0.6 is 0 Å². The first-order valence-electron chi connectivity index (χ1n) is 10.9. The summed E-state index contributed by atoms with van der Waals surface area (Å²) >= 11 is 0. The van der Waals surface area contributed by atoms with Crippen LogP contribution in [0.15, 0.2) is 36.4 Å². The number of likely N-dealkylation sites (tertiary alicyclic amines) is 1. The number of aryl methyl sites for hydroxylation is 1. The van der Waals surface area contributed by atoms with Gasteiger partial charge in [0, 0.05) is 24.6 Å². The molecule has 31 heavy (non-hydrogen) atoms. The number of ketones is 1. The lowest BCUT2D eigenvalue weighted by Gasteiger charge is -2.33. The third-order valence-corrected chi connectivity index (χ3v) is 6.32. The molecule has 0 radical (unpaired) electrons. The molecule has 0 unspecified atom stereocenters. The smallest absolute Gasteiger partial charge is 0.253 e. The molecule has 0 aliphatic carbocycles. The largest absolute Gasteiger partial charge is 0.487 e.